The van der Waals surface area contributed by atoms with Gasteiger partial charge >= 0.3 is 0 Å². The van der Waals surface area contributed by atoms with Gasteiger partial charge in [0, 0.05) is 41.7 Å². The quantitative estimate of drug-likeness (QED) is 0.406. The molecule has 4 aromatic rings. The van der Waals surface area contributed by atoms with Crippen LogP contribution in [0.15, 0.2) is 35.1 Å². The number of rotatable bonds is 4. The van der Waals surface area contributed by atoms with Crippen LogP contribution >= 0.6 is 15.9 Å². The molecule has 1 saturated heterocycles. The molecule has 3 N–H and O–H groups in total. The van der Waals surface area contributed by atoms with Crippen molar-refractivity contribution < 1.29 is 4.79 Å². The van der Waals surface area contributed by atoms with Crippen LogP contribution in [0.25, 0.3) is 27.9 Å². The summed E-state index contributed by atoms with van der Waals surface area (Å²) in [5.41, 5.74) is 2.22. The summed E-state index contributed by atoms with van der Waals surface area (Å²) in [4.78, 5) is 22.0. The third-order valence-corrected chi connectivity index (χ3v) is 5.85. The van der Waals surface area contributed by atoms with Gasteiger partial charge in [0.15, 0.2) is 11.5 Å². The Hall–Kier alpha value is -3.05. The highest BCUT2D eigenvalue weighted by atomic mass is 79.9. The number of nitrogens with zero attached hydrogens (tertiary/aromatic N) is 6. The Morgan fingerprint density at radius 2 is 2.13 bits per heavy atom. The van der Waals surface area contributed by atoms with Crippen molar-refractivity contribution in [3.63, 3.8) is 0 Å². The number of para-hydroxylation sites is 1. The number of carbonyl (C=O) groups excluding carboxylic acids is 1. The highest BCUT2D eigenvalue weighted by Crippen LogP contribution is 2.29. The predicted octanol–water partition coefficient (Wildman–Crippen LogP) is 1.98. The minimum Gasteiger partial charge on any atom is -0.353 e. The van der Waals surface area contributed by atoms with Crippen LogP contribution in [0.4, 0.5) is 5.95 Å². The van der Waals surface area contributed by atoms with E-state index in [4.69, 9.17) is 15.1 Å². The second-order valence-electron chi connectivity index (χ2n) is 7.74. The van der Waals surface area contributed by atoms with Crippen LogP contribution in [0.3, 0.4) is 0 Å². The van der Waals surface area contributed by atoms with Crippen LogP contribution < -0.4 is 16.0 Å². The first-order valence-electron chi connectivity index (χ1n) is 10.2. The number of nitrogens with one attached hydrogen (secondary N) is 3. The van der Waals surface area contributed by atoms with E-state index in [-0.39, 0.29) is 11.9 Å². The molecule has 10 nitrogen and oxygen atoms in total. The first-order valence-corrected chi connectivity index (χ1v) is 10.9. The molecule has 0 saturated carbocycles. The fourth-order valence-corrected chi connectivity index (χ4v) is 4.01. The zero-order valence-electron chi connectivity index (χ0n) is 17.1. The SMILES string of the molecule is CC(C)n1cc(-c2nc3c4cccc(Br)c4nc(N[C@H]4CNCCNC4=O)n3n2)cn1. The predicted molar refractivity (Wildman–Crippen MR) is 121 cm³/mol. The first kappa shape index (κ1) is 19.9. The number of halogens is 1. The fraction of sp³-hybridized carbons (Fsp3) is 0.350. The number of aromatic nitrogens is 6. The van der Waals surface area contributed by atoms with Crippen molar-refractivity contribution in [2.75, 3.05) is 25.0 Å². The lowest BCUT2D eigenvalue weighted by Gasteiger charge is -2.17. The van der Waals surface area contributed by atoms with E-state index in [0.717, 1.165) is 27.5 Å². The number of amides is 1. The summed E-state index contributed by atoms with van der Waals surface area (Å²) >= 11 is 3.58. The smallest absolute Gasteiger partial charge is 0.243 e. The van der Waals surface area contributed by atoms with E-state index in [1.54, 1.807) is 10.7 Å². The van der Waals surface area contributed by atoms with E-state index in [1.165, 1.54) is 0 Å². The Morgan fingerprint density at radius 1 is 1.26 bits per heavy atom. The van der Waals surface area contributed by atoms with E-state index in [1.807, 2.05) is 29.1 Å². The maximum atomic E-state index is 12.5. The Balaban J connectivity index is 1.66. The maximum Gasteiger partial charge on any atom is 0.243 e. The monoisotopic (exact) mass is 483 g/mol. The topological polar surface area (TPSA) is 114 Å². The van der Waals surface area contributed by atoms with Crippen LogP contribution in [0.1, 0.15) is 19.9 Å². The number of carbonyl (C=O) groups is 1. The van der Waals surface area contributed by atoms with Gasteiger partial charge in [-0.15, -0.1) is 5.10 Å². The molecule has 0 unspecified atom stereocenters. The normalized spacial score (nSPS) is 17.3. The molecule has 0 radical (unpaired) electrons. The number of benzene rings is 1. The summed E-state index contributed by atoms with van der Waals surface area (Å²) < 4.78 is 4.38. The number of hydrogen-bond donors (Lipinski definition) is 3. The highest BCUT2D eigenvalue weighted by molar-refractivity contribution is 9.10. The van der Waals surface area contributed by atoms with Crippen LogP contribution in [-0.2, 0) is 4.79 Å². The van der Waals surface area contributed by atoms with Gasteiger partial charge in [-0.1, -0.05) is 6.07 Å². The van der Waals surface area contributed by atoms with Gasteiger partial charge in [0.05, 0.1) is 17.3 Å². The highest BCUT2D eigenvalue weighted by Gasteiger charge is 2.24. The molecule has 3 aromatic heterocycles. The van der Waals surface area contributed by atoms with E-state index in [2.05, 4.69) is 50.8 Å². The Bertz CT molecular complexity index is 1280. The molecule has 11 heteroatoms. The zero-order chi connectivity index (χ0) is 21.5. The molecule has 1 atom stereocenters. The van der Waals surface area contributed by atoms with E-state index >= 15 is 0 Å². The lowest BCUT2D eigenvalue weighted by Crippen LogP contribution is -2.42. The molecule has 1 amide bonds. The largest absolute Gasteiger partial charge is 0.353 e. The van der Waals surface area contributed by atoms with Crippen molar-refractivity contribution in [3.8, 4) is 11.4 Å². The molecule has 1 aromatic carbocycles. The number of anilines is 1. The maximum absolute atomic E-state index is 12.5. The molecular formula is C20H22BrN9O. The van der Waals surface area contributed by atoms with Gasteiger partial charge < -0.3 is 16.0 Å². The van der Waals surface area contributed by atoms with Crippen molar-refractivity contribution in [3.05, 3.63) is 35.1 Å². The van der Waals surface area contributed by atoms with Crippen LogP contribution in [-0.4, -0.2) is 60.9 Å². The fourth-order valence-electron chi connectivity index (χ4n) is 3.56. The minimum atomic E-state index is -0.477. The third-order valence-electron chi connectivity index (χ3n) is 5.21. The van der Waals surface area contributed by atoms with Gasteiger partial charge in [-0.3, -0.25) is 9.48 Å². The molecule has 0 aliphatic carbocycles. The minimum absolute atomic E-state index is 0.0780. The van der Waals surface area contributed by atoms with Gasteiger partial charge in [-0.25, -0.2) is 9.97 Å². The summed E-state index contributed by atoms with van der Waals surface area (Å²) in [5.74, 6) is 0.923. The van der Waals surface area contributed by atoms with Crippen molar-refractivity contribution in [1.29, 1.82) is 0 Å². The van der Waals surface area contributed by atoms with E-state index in [0.29, 0.717) is 30.5 Å². The molecule has 1 fully saturated rings. The lowest BCUT2D eigenvalue weighted by atomic mass is 10.2. The van der Waals surface area contributed by atoms with Crippen molar-refractivity contribution in [1.82, 2.24) is 40.0 Å². The van der Waals surface area contributed by atoms with Gasteiger partial charge in [0.2, 0.25) is 11.9 Å². The standard InChI is InChI=1S/C20H22BrN9O/c1-11(2)29-10-12(8-24-29)17-27-18-13-4-3-5-14(21)16(13)26-20(30(18)28-17)25-15-9-22-6-7-23-19(15)31/h3-5,8,10-11,15,22H,6-7,9H2,1-2H3,(H,23,31)(H,25,26)/t15-/m0/s1. The van der Waals surface area contributed by atoms with Gasteiger partial charge in [-0.2, -0.15) is 9.61 Å². The van der Waals surface area contributed by atoms with Crippen molar-refractivity contribution in [2.24, 2.45) is 0 Å². The molecule has 1 aliphatic heterocycles. The molecule has 0 spiro atoms. The lowest BCUT2D eigenvalue weighted by molar-refractivity contribution is -0.121. The Kier molecular flexibility index (Phi) is 5.06. The molecule has 1 aliphatic rings. The molecular weight excluding hydrogens is 462 g/mol. The average molecular weight is 484 g/mol. The van der Waals surface area contributed by atoms with Crippen molar-refractivity contribution >= 4 is 44.3 Å². The second kappa shape index (κ2) is 7.89. The second-order valence-corrected chi connectivity index (χ2v) is 8.59. The number of fused-ring (bicyclic) bond motifs is 3. The van der Waals surface area contributed by atoms with Crippen LogP contribution in [0.2, 0.25) is 0 Å². The Labute approximate surface area is 186 Å². The van der Waals surface area contributed by atoms with Crippen LogP contribution in [0, 0.1) is 0 Å². The van der Waals surface area contributed by atoms with E-state index in [9.17, 15) is 4.79 Å². The molecule has 31 heavy (non-hydrogen) atoms. The number of hydrogen-bond acceptors (Lipinski definition) is 7. The molecule has 5 rings (SSSR count). The zero-order valence-corrected chi connectivity index (χ0v) is 18.7. The average Bonchev–Trinajstić information content (AvgIpc) is 3.36. The summed E-state index contributed by atoms with van der Waals surface area (Å²) in [6.07, 6.45) is 3.69. The molecule has 160 valence electrons. The summed E-state index contributed by atoms with van der Waals surface area (Å²) in [6.45, 7) is 5.94. The van der Waals surface area contributed by atoms with Gasteiger partial charge in [0.1, 0.15) is 6.04 Å². The van der Waals surface area contributed by atoms with Crippen molar-refractivity contribution in [2.45, 2.75) is 25.9 Å². The van der Waals surface area contributed by atoms with E-state index < -0.39 is 6.04 Å². The first-order chi connectivity index (χ1) is 15.0. The summed E-state index contributed by atoms with van der Waals surface area (Å²) in [7, 11) is 0. The van der Waals surface area contributed by atoms with Gasteiger partial charge in [-0.05, 0) is 41.9 Å². The van der Waals surface area contributed by atoms with Gasteiger partial charge in [0.25, 0.3) is 0 Å². The van der Waals surface area contributed by atoms with Crippen LogP contribution in [0.5, 0.6) is 0 Å². The summed E-state index contributed by atoms with van der Waals surface area (Å²) in [6, 6.07) is 5.59. The third kappa shape index (κ3) is 3.63. The summed E-state index contributed by atoms with van der Waals surface area (Å²) in [5, 5.41) is 19.4. The Morgan fingerprint density at radius 3 is 2.94 bits per heavy atom. The molecule has 4 heterocycles. The molecule has 0 bridgehead atoms.